The normalized spacial score (nSPS) is 17.1. The van der Waals surface area contributed by atoms with E-state index in [1.54, 1.807) is 6.92 Å². The zero-order valence-electron chi connectivity index (χ0n) is 30.1. The minimum Gasteiger partial charge on any atom is -0.628 e. The van der Waals surface area contributed by atoms with E-state index in [4.69, 9.17) is 0 Å². The van der Waals surface area contributed by atoms with Crippen molar-refractivity contribution in [3.05, 3.63) is 161 Å². The summed E-state index contributed by atoms with van der Waals surface area (Å²) in [5, 5.41) is 4.44. The van der Waals surface area contributed by atoms with Crippen molar-refractivity contribution < 1.29 is 30.0 Å². The smallest absolute Gasteiger partial charge is 0.628 e. The largest absolute Gasteiger partial charge is 2.00 e. The molecule has 0 bridgehead atoms. The Morgan fingerprint density at radius 3 is 1.70 bits per heavy atom. The summed E-state index contributed by atoms with van der Waals surface area (Å²) in [7, 11) is 0. The third-order valence-electron chi connectivity index (χ3n) is 9.28. The first-order valence-electron chi connectivity index (χ1n) is 17.0. The van der Waals surface area contributed by atoms with Crippen molar-refractivity contribution in [2.24, 2.45) is 0 Å². The molecule has 1 amide bonds. The number of carbonyl (C=O) groups excluding carboxylic acids is 2. The molecule has 5 aromatic rings. The fourth-order valence-corrected chi connectivity index (χ4v) is 6.21. The monoisotopic (exact) mass is 755 g/mol. The quantitative estimate of drug-likeness (QED) is 0.0982. The van der Waals surface area contributed by atoms with E-state index in [2.05, 4.69) is 87.5 Å². The molecular weight excluding hydrogens is 709 g/mol. The Kier molecular flexibility index (Phi) is 12.5. The van der Waals surface area contributed by atoms with Gasteiger partial charge in [0.05, 0.1) is 11.4 Å². The number of amides is 1. The van der Waals surface area contributed by atoms with Crippen LogP contribution in [-0.2, 0) is 41.5 Å². The summed E-state index contributed by atoms with van der Waals surface area (Å²) in [6.45, 7) is 14.9. The molecule has 3 aromatic carbocycles. The van der Waals surface area contributed by atoms with Gasteiger partial charge in [-0.15, -0.1) is 5.69 Å². The minimum absolute atomic E-state index is 0. The van der Waals surface area contributed by atoms with E-state index in [1.165, 1.54) is 11.1 Å². The van der Waals surface area contributed by atoms with Gasteiger partial charge in [-0.25, -0.2) is 0 Å². The number of nitrogens with zero attached hydrogens (tertiary/aromatic N) is 3. The van der Waals surface area contributed by atoms with Crippen LogP contribution in [0.2, 0.25) is 0 Å². The molecule has 2 atom stereocenters. The molecule has 260 valence electrons. The summed E-state index contributed by atoms with van der Waals surface area (Å²) in [6.07, 6.45) is 7.35. The van der Waals surface area contributed by atoms with Gasteiger partial charge >= 0.3 is 20.4 Å². The molecule has 1 saturated carbocycles. The molecule has 0 N–H and O–H groups in total. The number of pyridine rings is 2. The second-order valence-electron chi connectivity index (χ2n) is 15.0. The van der Waals surface area contributed by atoms with Crippen molar-refractivity contribution >= 4 is 17.4 Å². The number of carbonyl (C=O) groups is 2. The maximum atomic E-state index is 13.4. The number of rotatable bonds is 6. The second-order valence-corrected chi connectivity index (χ2v) is 15.0. The molecule has 1 aliphatic rings. The number of ketones is 1. The minimum atomic E-state index is -0.735. The molecule has 0 radical (unpaired) electrons. The maximum absolute atomic E-state index is 13.4. The van der Waals surface area contributed by atoms with Gasteiger partial charge in [0.2, 0.25) is 0 Å². The average Bonchev–Trinajstić information content (AvgIpc) is 3.56. The van der Waals surface area contributed by atoms with Crippen LogP contribution in [-0.4, -0.2) is 21.7 Å². The first-order chi connectivity index (χ1) is 23.3. The summed E-state index contributed by atoms with van der Waals surface area (Å²) in [5.41, 5.74) is 7.49. The van der Waals surface area contributed by atoms with Crippen LogP contribution in [0.5, 0.6) is 0 Å². The molecule has 0 unspecified atom stereocenters. The van der Waals surface area contributed by atoms with Gasteiger partial charge in [-0.05, 0) is 64.6 Å². The molecular formula is C44H47N3O2Pd. The second kappa shape index (κ2) is 16.2. The van der Waals surface area contributed by atoms with E-state index in [0.717, 1.165) is 28.9 Å². The molecule has 0 saturated heterocycles. The summed E-state index contributed by atoms with van der Waals surface area (Å²) in [5.74, 6) is 0.147. The number of hydrogen-bond acceptors (Lipinski definition) is 4. The molecule has 2 heterocycles. The zero-order chi connectivity index (χ0) is 35.2. The third-order valence-corrected chi connectivity index (χ3v) is 9.28. The van der Waals surface area contributed by atoms with Crippen LogP contribution in [0.4, 0.5) is 5.69 Å². The summed E-state index contributed by atoms with van der Waals surface area (Å²) >= 11 is 0. The van der Waals surface area contributed by atoms with Gasteiger partial charge in [-0.1, -0.05) is 144 Å². The molecule has 1 fully saturated rings. The van der Waals surface area contributed by atoms with Crippen LogP contribution in [0.1, 0.15) is 99.8 Å². The number of hydrogen-bond donors (Lipinski definition) is 0. The van der Waals surface area contributed by atoms with E-state index in [0.29, 0.717) is 17.7 Å². The van der Waals surface area contributed by atoms with Crippen molar-refractivity contribution in [1.82, 2.24) is 9.97 Å². The number of Topliss-reactive ketones (excluding diaryl/α,β-unsaturated/α-hetero) is 1. The van der Waals surface area contributed by atoms with E-state index in [-0.39, 0.29) is 48.9 Å². The van der Waals surface area contributed by atoms with Crippen LogP contribution < -0.4 is 0 Å². The Labute approximate surface area is 312 Å². The topological polar surface area (TPSA) is 74.0 Å². The van der Waals surface area contributed by atoms with Crippen molar-refractivity contribution in [2.75, 3.05) is 0 Å². The van der Waals surface area contributed by atoms with Crippen molar-refractivity contribution in [2.45, 2.75) is 83.5 Å². The molecule has 0 aliphatic heterocycles. The first-order valence-corrected chi connectivity index (χ1v) is 17.0. The Morgan fingerprint density at radius 2 is 1.22 bits per heavy atom. The summed E-state index contributed by atoms with van der Waals surface area (Å²) in [4.78, 5) is 33.9. The number of benzene rings is 3. The van der Waals surface area contributed by atoms with Gasteiger partial charge in [0.15, 0.2) is 5.78 Å². The van der Waals surface area contributed by atoms with Crippen LogP contribution in [0.3, 0.4) is 0 Å². The Balaban J connectivity index is 0.000000236. The Morgan fingerprint density at radius 1 is 0.720 bits per heavy atom. The van der Waals surface area contributed by atoms with E-state index < -0.39 is 5.41 Å². The average molecular weight is 756 g/mol. The van der Waals surface area contributed by atoms with Crippen molar-refractivity contribution in [3.8, 4) is 11.4 Å². The van der Waals surface area contributed by atoms with Crippen LogP contribution in [0.15, 0.2) is 122 Å². The standard InChI is InChI=1S/C26H24NO2.C18H24N2.Pd/c1-19(28)20-12-14-21(15-13-20)22-16-17-26(18-22,23-8-4-2-5-9-23)25(29)27-24-10-6-3-7-11-24;1-17(2,3)13-7-9-19-15(11-13)16-12-14(8-10-20-16)18(4,5)6;/h2-15,17,22H,16,18H2,1H3,(H,27,29);7-12H,1-6H3;/q-1;;+2/p-1/t22-,26+;;/m1../s1. The molecule has 50 heavy (non-hydrogen) atoms. The third kappa shape index (κ3) is 9.30. The van der Waals surface area contributed by atoms with Gasteiger partial charge in [-0.3, -0.25) is 14.8 Å². The van der Waals surface area contributed by atoms with Crippen LogP contribution in [0.25, 0.3) is 16.7 Å². The van der Waals surface area contributed by atoms with E-state index in [9.17, 15) is 9.59 Å². The zero-order valence-corrected chi connectivity index (χ0v) is 31.6. The predicted molar refractivity (Wildman–Crippen MR) is 200 cm³/mol. The van der Waals surface area contributed by atoms with Crippen LogP contribution >= 0.6 is 0 Å². The fourth-order valence-electron chi connectivity index (χ4n) is 6.21. The van der Waals surface area contributed by atoms with Gasteiger partial charge < -0.3 is 16.5 Å². The van der Waals surface area contributed by atoms with Crippen molar-refractivity contribution in [3.63, 3.8) is 0 Å². The number of para-hydroxylation sites is 1. The molecule has 1 aliphatic carbocycles. The van der Waals surface area contributed by atoms with E-state index >= 15 is 0 Å². The fraction of sp³-hybridized carbons (Fsp3) is 0.295. The molecule has 0 spiro atoms. The van der Waals surface area contributed by atoms with Gasteiger partial charge in [0.1, 0.15) is 0 Å². The molecule has 6 rings (SSSR count). The maximum Gasteiger partial charge on any atom is 2.00 e. The predicted octanol–water partition coefficient (Wildman–Crippen LogP) is 10.9. The first kappa shape index (κ1) is 38.6. The van der Waals surface area contributed by atoms with Gasteiger partial charge in [-0.2, -0.15) is 6.42 Å². The summed E-state index contributed by atoms with van der Waals surface area (Å²) in [6, 6.07) is 35.5. The van der Waals surface area contributed by atoms with Gasteiger partial charge in [0.25, 0.3) is 0 Å². The number of aromatic nitrogens is 2. The Bertz CT molecular complexity index is 1820. The van der Waals surface area contributed by atoms with Crippen molar-refractivity contribution in [1.29, 1.82) is 0 Å². The van der Waals surface area contributed by atoms with E-state index in [1.807, 2.05) is 97.3 Å². The SMILES string of the molecule is CC(=O)c1ccc([C@@H]2C[CH-][C@@](C(=O)[N-]c3ccccc3)(c3ccccc3)C2)cc1.CC(C)(C)c1ccnc(-c2cc(C(C)(C)C)ccn2)c1.[Pd+2]. The molecule has 6 heteroatoms. The summed E-state index contributed by atoms with van der Waals surface area (Å²) < 4.78 is 0. The van der Waals surface area contributed by atoms with Gasteiger partial charge in [0, 0.05) is 23.9 Å². The Hall–Kier alpha value is -4.24. The van der Waals surface area contributed by atoms with Crippen LogP contribution in [0, 0.1) is 6.42 Å². The molecule has 2 aromatic heterocycles. The molecule has 5 nitrogen and oxygen atoms in total.